The third-order valence-electron chi connectivity index (χ3n) is 2.61. The Labute approximate surface area is 111 Å². The summed E-state index contributed by atoms with van der Waals surface area (Å²) >= 11 is 5.75. The molecule has 0 aliphatic heterocycles. The van der Waals surface area contributed by atoms with Gasteiger partial charge in [-0.25, -0.2) is 0 Å². The maximum atomic E-state index is 5.94. The lowest BCUT2D eigenvalue weighted by Gasteiger charge is -2.15. The van der Waals surface area contributed by atoms with E-state index in [0.717, 1.165) is 24.4 Å². The number of methoxy groups -OCH3 is 1. The van der Waals surface area contributed by atoms with Crippen LogP contribution in [-0.4, -0.2) is 35.2 Å². The van der Waals surface area contributed by atoms with E-state index in [1.165, 1.54) is 5.56 Å². The van der Waals surface area contributed by atoms with E-state index in [0.29, 0.717) is 13.2 Å². The molecule has 4 heteroatoms. The van der Waals surface area contributed by atoms with E-state index in [1.54, 1.807) is 7.11 Å². The van der Waals surface area contributed by atoms with Gasteiger partial charge in [-0.05, 0) is 24.1 Å². The second-order valence-electron chi connectivity index (χ2n) is 4.01. The van der Waals surface area contributed by atoms with Crippen molar-refractivity contribution in [2.24, 2.45) is 0 Å². The zero-order valence-corrected chi connectivity index (χ0v) is 12.3. The van der Waals surface area contributed by atoms with Crippen LogP contribution in [-0.2, 0) is 15.2 Å². The van der Waals surface area contributed by atoms with E-state index in [9.17, 15) is 0 Å². The third kappa shape index (κ3) is 6.84. The molecule has 1 atom stereocenters. The standard InChI is InChI=1S/C13H21ClO2Si/c1-15-9-10-16-17(11-5-8-14)12-13-6-3-2-4-7-13/h2-4,6-7,17H,5,8-12H2,1H3. The molecular formula is C13H21ClO2Si. The highest BCUT2D eigenvalue weighted by Gasteiger charge is 2.12. The molecule has 0 radical (unpaired) electrons. The van der Waals surface area contributed by atoms with Crippen LogP contribution in [0.4, 0.5) is 0 Å². The Morgan fingerprint density at radius 2 is 1.94 bits per heavy atom. The number of hydrogen-bond donors (Lipinski definition) is 0. The molecule has 0 aromatic heterocycles. The van der Waals surface area contributed by atoms with Crippen LogP contribution in [0.1, 0.15) is 12.0 Å². The van der Waals surface area contributed by atoms with Gasteiger partial charge in [-0.1, -0.05) is 30.3 Å². The van der Waals surface area contributed by atoms with Gasteiger partial charge in [0, 0.05) is 13.0 Å². The number of hydrogen-bond acceptors (Lipinski definition) is 2. The predicted octanol–water partition coefficient (Wildman–Crippen LogP) is 2.78. The first-order valence-corrected chi connectivity index (χ1v) is 8.71. The van der Waals surface area contributed by atoms with E-state index in [2.05, 4.69) is 24.3 Å². The zero-order valence-electron chi connectivity index (χ0n) is 10.4. The van der Waals surface area contributed by atoms with Gasteiger partial charge in [0.2, 0.25) is 0 Å². The smallest absolute Gasteiger partial charge is 0.181 e. The molecule has 1 rings (SSSR count). The van der Waals surface area contributed by atoms with Gasteiger partial charge in [0.05, 0.1) is 13.2 Å². The Hall–Kier alpha value is -0.353. The molecule has 0 saturated heterocycles. The molecule has 1 aromatic rings. The SMILES string of the molecule is COCCO[SiH](CCCCl)Cc1ccccc1. The highest BCUT2D eigenvalue weighted by molar-refractivity contribution is 6.51. The fraction of sp³-hybridized carbons (Fsp3) is 0.538. The van der Waals surface area contributed by atoms with E-state index >= 15 is 0 Å². The fourth-order valence-corrected chi connectivity index (χ4v) is 4.51. The highest BCUT2D eigenvalue weighted by atomic mass is 35.5. The van der Waals surface area contributed by atoms with Crippen LogP contribution in [0.5, 0.6) is 0 Å². The average Bonchev–Trinajstić information content (AvgIpc) is 2.37. The first-order chi connectivity index (χ1) is 8.36. The summed E-state index contributed by atoms with van der Waals surface area (Å²) < 4.78 is 11.0. The summed E-state index contributed by atoms with van der Waals surface area (Å²) in [5.41, 5.74) is 1.37. The summed E-state index contributed by atoms with van der Waals surface area (Å²) in [5.74, 6) is 0.728. The molecule has 0 amide bonds. The molecule has 0 heterocycles. The number of rotatable bonds is 9. The molecule has 96 valence electrons. The fourth-order valence-electron chi connectivity index (χ4n) is 1.72. The van der Waals surface area contributed by atoms with Crippen LogP contribution in [0, 0.1) is 0 Å². The molecule has 0 bridgehead atoms. The van der Waals surface area contributed by atoms with Crippen molar-refractivity contribution in [2.75, 3.05) is 26.2 Å². The summed E-state index contributed by atoms with van der Waals surface area (Å²) in [6.45, 7) is 1.39. The zero-order chi connectivity index (χ0) is 12.3. The van der Waals surface area contributed by atoms with Crippen molar-refractivity contribution in [2.45, 2.75) is 18.5 Å². The molecule has 1 aromatic carbocycles. The van der Waals surface area contributed by atoms with Gasteiger partial charge in [-0.15, -0.1) is 11.6 Å². The van der Waals surface area contributed by atoms with E-state index in [4.69, 9.17) is 20.8 Å². The normalized spacial score (nSPS) is 12.6. The van der Waals surface area contributed by atoms with Gasteiger partial charge in [0.1, 0.15) is 0 Å². The quantitative estimate of drug-likeness (QED) is 0.391. The number of ether oxygens (including phenoxy) is 1. The molecule has 0 aliphatic rings. The Morgan fingerprint density at radius 1 is 1.18 bits per heavy atom. The topological polar surface area (TPSA) is 18.5 Å². The van der Waals surface area contributed by atoms with Crippen molar-refractivity contribution < 1.29 is 9.16 Å². The molecule has 0 saturated carbocycles. The monoisotopic (exact) mass is 272 g/mol. The second kappa shape index (κ2) is 9.65. The molecule has 0 aliphatic carbocycles. The average molecular weight is 273 g/mol. The third-order valence-corrected chi connectivity index (χ3v) is 5.56. The summed E-state index contributed by atoms with van der Waals surface area (Å²) in [6.07, 6.45) is 1.05. The molecule has 0 spiro atoms. The maximum absolute atomic E-state index is 5.94. The van der Waals surface area contributed by atoms with E-state index in [-0.39, 0.29) is 0 Å². The van der Waals surface area contributed by atoms with Crippen LogP contribution in [0.25, 0.3) is 0 Å². The van der Waals surface area contributed by atoms with Crippen molar-refractivity contribution in [3.63, 3.8) is 0 Å². The van der Waals surface area contributed by atoms with Crippen molar-refractivity contribution in [1.82, 2.24) is 0 Å². The van der Waals surface area contributed by atoms with Gasteiger partial charge in [-0.3, -0.25) is 0 Å². The van der Waals surface area contributed by atoms with Crippen LogP contribution >= 0.6 is 11.6 Å². The molecule has 1 unspecified atom stereocenters. The van der Waals surface area contributed by atoms with Crippen molar-refractivity contribution in [3.05, 3.63) is 35.9 Å². The minimum atomic E-state index is -1.17. The Bertz CT molecular complexity index is 282. The summed E-state index contributed by atoms with van der Waals surface area (Å²) in [7, 11) is 0.530. The maximum Gasteiger partial charge on any atom is 0.181 e. The van der Waals surface area contributed by atoms with Crippen molar-refractivity contribution in [1.29, 1.82) is 0 Å². The highest BCUT2D eigenvalue weighted by Crippen LogP contribution is 2.09. The van der Waals surface area contributed by atoms with Gasteiger partial charge in [0.15, 0.2) is 9.04 Å². The van der Waals surface area contributed by atoms with E-state index in [1.807, 2.05) is 6.07 Å². The van der Waals surface area contributed by atoms with Gasteiger partial charge < -0.3 is 9.16 Å². The molecule has 0 fully saturated rings. The summed E-state index contributed by atoms with van der Waals surface area (Å²) in [4.78, 5) is 0. The molecular weight excluding hydrogens is 252 g/mol. The van der Waals surface area contributed by atoms with Crippen LogP contribution < -0.4 is 0 Å². The lowest BCUT2D eigenvalue weighted by atomic mass is 10.2. The minimum Gasteiger partial charge on any atom is -0.417 e. The van der Waals surface area contributed by atoms with Gasteiger partial charge in [-0.2, -0.15) is 0 Å². The number of halogens is 1. The van der Waals surface area contributed by atoms with Crippen molar-refractivity contribution in [3.8, 4) is 0 Å². The Morgan fingerprint density at radius 3 is 2.59 bits per heavy atom. The van der Waals surface area contributed by atoms with Crippen LogP contribution in [0.2, 0.25) is 6.04 Å². The first-order valence-electron chi connectivity index (χ1n) is 6.07. The van der Waals surface area contributed by atoms with Crippen LogP contribution in [0.3, 0.4) is 0 Å². The minimum absolute atomic E-state index is 0.680. The molecule has 17 heavy (non-hydrogen) atoms. The predicted molar refractivity (Wildman–Crippen MR) is 75.3 cm³/mol. The molecule has 2 nitrogen and oxygen atoms in total. The van der Waals surface area contributed by atoms with E-state index < -0.39 is 9.04 Å². The first kappa shape index (κ1) is 14.7. The lowest BCUT2D eigenvalue weighted by molar-refractivity contribution is 0.145. The number of alkyl halides is 1. The largest absolute Gasteiger partial charge is 0.417 e. The van der Waals surface area contributed by atoms with Crippen LogP contribution in [0.15, 0.2) is 30.3 Å². The lowest BCUT2D eigenvalue weighted by Crippen LogP contribution is -2.24. The van der Waals surface area contributed by atoms with Gasteiger partial charge in [0.25, 0.3) is 0 Å². The molecule has 0 N–H and O–H groups in total. The van der Waals surface area contributed by atoms with Crippen molar-refractivity contribution >= 4 is 20.6 Å². The second-order valence-corrected chi connectivity index (χ2v) is 6.95. The number of benzene rings is 1. The Kier molecular flexibility index (Phi) is 8.35. The summed E-state index contributed by atoms with van der Waals surface area (Å²) in [6, 6.07) is 12.8. The summed E-state index contributed by atoms with van der Waals surface area (Å²) in [5, 5.41) is 0. The Balaban J connectivity index is 2.39. The van der Waals surface area contributed by atoms with Gasteiger partial charge >= 0.3 is 0 Å².